The van der Waals surface area contributed by atoms with Crippen molar-refractivity contribution < 1.29 is 4.74 Å². The van der Waals surface area contributed by atoms with Gasteiger partial charge in [-0.05, 0) is 38.8 Å². The van der Waals surface area contributed by atoms with Crippen LogP contribution in [0.1, 0.15) is 32.1 Å². The Morgan fingerprint density at radius 2 is 2.07 bits per heavy atom. The van der Waals surface area contributed by atoms with Gasteiger partial charge in [-0.3, -0.25) is 0 Å². The van der Waals surface area contributed by atoms with E-state index in [1.54, 1.807) is 0 Å². The molecule has 0 amide bonds. The Bertz CT molecular complexity index is 133. The Balaban J connectivity index is 1.60. The predicted molar refractivity (Wildman–Crippen MR) is 57.5 cm³/mol. The zero-order valence-corrected chi connectivity index (χ0v) is 8.93. The van der Waals surface area contributed by atoms with Crippen molar-refractivity contribution in [3.05, 3.63) is 0 Å². The van der Waals surface area contributed by atoms with Crippen molar-refractivity contribution in [2.24, 2.45) is 0 Å². The van der Waals surface area contributed by atoms with Crippen LogP contribution in [0.5, 0.6) is 0 Å². The molecule has 2 N–H and O–H groups in total. The quantitative estimate of drug-likeness (QED) is 0.707. The van der Waals surface area contributed by atoms with Crippen LogP contribution < -0.4 is 10.6 Å². The first-order valence-corrected chi connectivity index (χ1v) is 6.01. The van der Waals surface area contributed by atoms with Gasteiger partial charge in [-0.2, -0.15) is 0 Å². The summed E-state index contributed by atoms with van der Waals surface area (Å²) in [5.74, 6) is 0. The van der Waals surface area contributed by atoms with Crippen molar-refractivity contribution in [3.63, 3.8) is 0 Å². The summed E-state index contributed by atoms with van der Waals surface area (Å²) in [5.41, 5.74) is 0. The number of rotatable bonds is 3. The Labute approximate surface area is 86.6 Å². The Morgan fingerprint density at radius 1 is 1.07 bits per heavy atom. The van der Waals surface area contributed by atoms with Crippen LogP contribution in [0.2, 0.25) is 0 Å². The van der Waals surface area contributed by atoms with E-state index in [0.717, 1.165) is 13.2 Å². The topological polar surface area (TPSA) is 33.3 Å². The van der Waals surface area contributed by atoms with E-state index in [4.69, 9.17) is 4.74 Å². The monoisotopic (exact) mass is 198 g/mol. The summed E-state index contributed by atoms with van der Waals surface area (Å²) in [6, 6.07) is 0.616. The molecule has 2 unspecified atom stereocenters. The zero-order chi connectivity index (χ0) is 9.64. The zero-order valence-electron chi connectivity index (χ0n) is 8.93. The molecule has 14 heavy (non-hydrogen) atoms. The van der Waals surface area contributed by atoms with E-state index < -0.39 is 0 Å². The molecule has 3 nitrogen and oxygen atoms in total. The molecule has 2 saturated heterocycles. The van der Waals surface area contributed by atoms with Crippen molar-refractivity contribution in [2.75, 3.05) is 26.2 Å². The maximum Gasteiger partial charge on any atom is 0.0700 e. The minimum atomic E-state index is 0.465. The van der Waals surface area contributed by atoms with Gasteiger partial charge in [0.05, 0.1) is 12.7 Å². The van der Waals surface area contributed by atoms with Crippen LogP contribution in [-0.2, 0) is 4.74 Å². The minimum absolute atomic E-state index is 0.465. The maximum absolute atomic E-state index is 5.90. The molecule has 2 heterocycles. The molecule has 2 aliphatic rings. The van der Waals surface area contributed by atoms with Crippen LogP contribution in [0, 0.1) is 0 Å². The van der Waals surface area contributed by atoms with Gasteiger partial charge < -0.3 is 15.4 Å². The van der Waals surface area contributed by atoms with E-state index in [1.165, 1.54) is 45.2 Å². The third-order valence-corrected chi connectivity index (χ3v) is 3.20. The van der Waals surface area contributed by atoms with E-state index in [-0.39, 0.29) is 0 Å². The molecule has 0 aromatic heterocycles. The van der Waals surface area contributed by atoms with Crippen LogP contribution in [0.3, 0.4) is 0 Å². The van der Waals surface area contributed by atoms with Crippen molar-refractivity contribution in [3.8, 4) is 0 Å². The Kier molecular flexibility index (Phi) is 4.22. The highest BCUT2D eigenvalue weighted by Crippen LogP contribution is 2.10. The second-order valence-corrected chi connectivity index (χ2v) is 4.45. The van der Waals surface area contributed by atoms with Gasteiger partial charge in [-0.25, -0.2) is 0 Å². The molecular formula is C11H22N2O. The maximum atomic E-state index is 5.90. The first kappa shape index (κ1) is 10.4. The molecule has 2 fully saturated rings. The van der Waals surface area contributed by atoms with Crippen LogP contribution in [0.15, 0.2) is 0 Å². The van der Waals surface area contributed by atoms with Gasteiger partial charge >= 0.3 is 0 Å². The van der Waals surface area contributed by atoms with Crippen LogP contribution >= 0.6 is 0 Å². The average molecular weight is 198 g/mol. The number of ether oxygens (including phenoxy) is 1. The van der Waals surface area contributed by atoms with Gasteiger partial charge in [0.25, 0.3) is 0 Å². The SMILES string of the molecule is C1CCC(COC2CCCNC2)NC1. The molecule has 2 aliphatic heterocycles. The average Bonchev–Trinajstić information content (AvgIpc) is 2.29. The van der Waals surface area contributed by atoms with Gasteiger partial charge in [0.15, 0.2) is 0 Å². The molecule has 0 aromatic carbocycles. The molecule has 2 rings (SSSR count). The van der Waals surface area contributed by atoms with Crippen LogP contribution in [0.25, 0.3) is 0 Å². The van der Waals surface area contributed by atoms with Gasteiger partial charge in [-0.1, -0.05) is 6.42 Å². The van der Waals surface area contributed by atoms with Crippen molar-refractivity contribution in [1.29, 1.82) is 0 Å². The minimum Gasteiger partial charge on any atom is -0.375 e. The molecule has 0 saturated carbocycles. The highest BCUT2D eigenvalue weighted by molar-refractivity contribution is 4.74. The summed E-state index contributed by atoms with van der Waals surface area (Å²) >= 11 is 0. The standard InChI is InChI=1S/C11H22N2O/c1-2-7-13-10(4-1)9-14-11-5-3-6-12-8-11/h10-13H,1-9H2. The lowest BCUT2D eigenvalue weighted by Crippen LogP contribution is -2.41. The van der Waals surface area contributed by atoms with Gasteiger partial charge in [0, 0.05) is 12.6 Å². The molecule has 3 heteroatoms. The first-order valence-electron chi connectivity index (χ1n) is 6.01. The van der Waals surface area contributed by atoms with Gasteiger partial charge in [0.2, 0.25) is 0 Å². The Hall–Kier alpha value is -0.120. The van der Waals surface area contributed by atoms with Crippen LogP contribution in [-0.4, -0.2) is 38.4 Å². The lowest BCUT2D eigenvalue weighted by atomic mass is 10.1. The second-order valence-electron chi connectivity index (χ2n) is 4.45. The third kappa shape index (κ3) is 3.23. The summed E-state index contributed by atoms with van der Waals surface area (Å²) in [7, 11) is 0. The summed E-state index contributed by atoms with van der Waals surface area (Å²) < 4.78 is 5.90. The van der Waals surface area contributed by atoms with E-state index in [9.17, 15) is 0 Å². The highest BCUT2D eigenvalue weighted by Gasteiger charge is 2.17. The fourth-order valence-electron chi connectivity index (χ4n) is 2.28. The molecule has 2 atom stereocenters. The highest BCUT2D eigenvalue weighted by atomic mass is 16.5. The fourth-order valence-corrected chi connectivity index (χ4v) is 2.28. The number of piperidine rings is 2. The molecule has 0 spiro atoms. The molecular weight excluding hydrogens is 176 g/mol. The van der Waals surface area contributed by atoms with Crippen molar-refractivity contribution >= 4 is 0 Å². The van der Waals surface area contributed by atoms with Crippen LogP contribution in [0.4, 0.5) is 0 Å². The molecule has 0 aromatic rings. The normalized spacial score (nSPS) is 34.3. The van der Waals surface area contributed by atoms with Gasteiger partial charge in [-0.15, -0.1) is 0 Å². The van der Waals surface area contributed by atoms with E-state index >= 15 is 0 Å². The molecule has 0 radical (unpaired) electrons. The number of hydrogen-bond acceptors (Lipinski definition) is 3. The summed E-state index contributed by atoms with van der Waals surface area (Å²) in [5, 5.41) is 6.89. The van der Waals surface area contributed by atoms with E-state index in [0.29, 0.717) is 12.1 Å². The first-order chi connectivity index (χ1) is 6.95. The number of nitrogens with one attached hydrogen (secondary N) is 2. The Morgan fingerprint density at radius 3 is 2.79 bits per heavy atom. The van der Waals surface area contributed by atoms with Crippen molar-refractivity contribution in [1.82, 2.24) is 10.6 Å². The smallest absolute Gasteiger partial charge is 0.0700 e. The lowest BCUT2D eigenvalue weighted by Gasteiger charge is -2.28. The van der Waals surface area contributed by atoms with Gasteiger partial charge in [0.1, 0.15) is 0 Å². The predicted octanol–water partition coefficient (Wildman–Crippen LogP) is 0.897. The fraction of sp³-hybridized carbons (Fsp3) is 1.00. The van der Waals surface area contributed by atoms with Crippen molar-refractivity contribution in [2.45, 2.75) is 44.2 Å². The molecule has 0 aliphatic carbocycles. The molecule has 82 valence electrons. The summed E-state index contributed by atoms with van der Waals surface area (Å²) in [6.07, 6.45) is 6.96. The van der Waals surface area contributed by atoms with E-state index in [2.05, 4.69) is 10.6 Å². The summed E-state index contributed by atoms with van der Waals surface area (Å²) in [4.78, 5) is 0. The lowest BCUT2D eigenvalue weighted by molar-refractivity contribution is 0.0200. The second kappa shape index (κ2) is 5.69. The largest absolute Gasteiger partial charge is 0.375 e. The summed E-state index contributed by atoms with van der Waals surface area (Å²) in [6.45, 7) is 4.30. The molecule has 0 bridgehead atoms. The number of hydrogen-bond donors (Lipinski definition) is 2. The van der Waals surface area contributed by atoms with E-state index in [1.807, 2.05) is 0 Å². The third-order valence-electron chi connectivity index (χ3n) is 3.20.